The van der Waals surface area contributed by atoms with Crippen LogP contribution in [-0.4, -0.2) is 18.0 Å². The van der Waals surface area contributed by atoms with Crippen molar-refractivity contribution in [1.29, 1.82) is 0 Å². The van der Waals surface area contributed by atoms with Gasteiger partial charge in [0.25, 0.3) is 0 Å². The van der Waals surface area contributed by atoms with Crippen LogP contribution in [0.5, 0.6) is 0 Å². The highest BCUT2D eigenvalue weighted by atomic mass is 35.5. The molecule has 0 saturated heterocycles. The van der Waals surface area contributed by atoms with E-state index in [0.29, 0.717) is 21.3 Å². The SMILES string of the molecule is Cc1cccc(NC(=O)CCC(=O)NN=Cc2ccc(Cl)cc2Cl)c1. The van der Waals surface area contributed by atoms with Gasteiger partial charge in [0, 0.05) is 29.1 Å². The van der Waals surface area contributed by atoms with Crippen LogP contribution in [0, 0.1) is 6.92 Å². The summed E-state index contributed by atoms with van der Waals surface area (Å²) in [6.45, 7) is 1.94. The Hall–Kier alpha value is -2.37. The van der Waals surface area contributed by atoms with E-state index < -0.39 is 0 Å². The van der Waals surface area contributed by atoms with Gasteiger partial charge in [-0.3, -0.25) is 9.59 Å². The second kappa shape index (κ2) is 9.20. The van der Waals surface area contributed by atoms with Crippen molar-refractivity contribution in [1.82, 2.24) is 5.43 Å². The molecule has 0 spiro atoms. The van der Waals surface area contributed by atoms with Gasteiger partial charge in [-0.1, -0.05) is 41.4 Å². The van der Waals surface area contributed by atoms with Crippen molar-refractivity contribution in [2.45, 2.75) is 19.8 Å². The summed E-state index contributed by atoms with van der Waals surface area (Å²) in [7, 11) is 0. The van der Waals surface area contributed by atoms with Gasteiger partial charge in [0.05, 0.1) is 11.2 Å². The van der Waals surface area contributed by atoms with Gasteiger partial charge in [0.15, 0.2) is 0 Å². The Morgan fingerprint density at radius 2 is 1.84 bits per heavy atom. The third-order valence-electron chi connectivity index (χ3n) is 3.24. The molecule has 0 unspecified atom stereocenters. The largest absolute Gasteiger partial charge is 0.326 e. The van der Waals surface area contributed by atoms with Crippen LogP contribution in [-0.2, 0) is 9.59 Å². The van der Waals surface area contributed by atoms with Crippen molar-refractivity contribution in [3.8, 4) is 0 Å². The van der Waals surface area contributed by atoms with Crippen LogP contribution < -0.4 is 10.7 Å². The molecule has 0 aliphatic heterocycles. The number of carbonyl (C=O) groups is 2. The molecule has 2 amide bonds. The second-order valence-electron chi connectivity index (χ2n) is 5.38. The van der Waals surface area contributed by atoms with Gasteiger partial charge in [-0.2, -0.15) is 5.10 Å². The predicted molar refractivity (Wildman–Crippen MR) is 101 cm³/mol. The molecule has 130 valence electrons. The number of halogens is 2. The highest BCUT2D eigenvalue weighted by Crippen LogP contribution is 2.19. The summed E-state index contributed by atoms with van der Waals surface area (Å²) in [5, 5.41) is 7.52. The fourth-order valence-electron chi connectivity index (χ4n) is 2.01. The molecule has 0 atom stereocenters. The smallest absolute Gasteiger partial charge is 0.240 e. The maximum absolute atomic E-state index is 11.8. The molecule has 25 heavy (non-hydrogen) atoms. The lowest BCUT2D eigenvalue weighted by molar-refractivity contribution is -0.124. The second-order valence-corrected chi connectivity index (χ2v) is 6.22. The lowest BCUT2D eigenvalue weighted by Crippen LogP contribution is -2.20. The maximum Gasteiger partial charge on any atom is 0.240 e. The molecule has 0 aromatic heterocycles. The Balaban J connectivity index is 1.76. The van der Waals surface area contributed by atoms with Crippen molar-refractivity contribution in [2.24, 2.45) is 5.10 Å². The topological polar surface area (TPSA) is 70.6 Å². The average Bonchev–Trinajstić information content (AvgIpc) is 2.55. The van der Waals surface area contributed by atoms with E-state index in [9.17, 15) is 9.59 Å². The summed E-state index contributed by atoms with van der Waals surface area (Å²) < 4.78 is 0. The first-order chi connectivity index (χ1) is 11.9. The van der Waals surface area contributed by atoms with Crippen LogP contribution in [0.3, 0.4) is 0 Å². The molecule has 2 aromatic rings. The van der Waals surface area contributed by atoms with Crippen molar-refractivity contribution < 1.29 is 9.59 Å². The minimum absolute atomic E-state index is 0.0311. The first kappa shape index (κ1) is 19.0. The van der Waals surface area contributed by atoms with E-state index >= 15 is 0 Å². The Morgan fingerprint density at radius 3 is 2.56 bits per heavy atom. The van der Waals surface area contributed by atoms with Crippen LogP contribution in [0.2, 0.25) is 10.0 Å². The number of carbonyl (C=O) groups excluding carboxylic acids is 2. The van der Waals surface area contributed by atoms with E-state index in [2.05, 4.69) is 15.8 Å². The molecule has 0 heterocycles. The van der Waals surface area contributed by atoms with Gasteiger partial charge >= 0.3 is 0 Å². The first-order valence-electron chi connectivity index (χ1n) is 7.57. The predicted octanol–water partition coefficient (Wildman–Crippen LogP) is 4.17. The van der Waals surface area contributed by atoms with Crippen LogP contribution in [0.4, 0.5) is 5.69 Å². The number of hydrazone groups is 1. The molecule has 2 aromatic carbocycles. The summed E-state index contributed by atoms with van der Waals surface area (Å²) in [5.41, 5.74) is 4.74. The number of hydrogen-bond donors (Lipinski definition) is 2. The zero-order chi connectivity index (χ0) is 18.2. The van der Waals surface area contributed by atoms with E-state index in [1.807, 2.05) is 25.1 Å². The number of hydrogen-bond acceptors (Lipinski definition) is 3. The van der Waals surface area contributed by atoms with E-state index in [4.69, 9.17) is 23.2 Å². The number of aryl methyl sites for hydroxylation is 1. The van der Waals surface area contributed by atoms with Gasteiger partial charge in [-0.05, 0) is 36.8 Å². The summed E-state index contributed by atoms with van der Waals surface area (Å²) in [6.07, 6.45) is 1.52. The molecule has 5 nitrogen and oxygen atoms in total. The molecule has 0 aliphatic rings. The van der Waals surface area contributed by atoms with E-state index in [1.54, 1.807) is 24.3 Å². The van der Waals surface area contributed by atoms with Crippen LogP contribution in [0.25, 0.3) is 0 Å². The van der Waals surface area contributed by atoms with Gasteiger partial charge in [0.2, 0.25) is 11.8 Å². The van der Waals surface area contributed by atoms with Crippen molar-refractivity contribution in [3.05, 3.63) is 63.6 Å². The Morgan fingerprint density at radius 1 is 1.08 bits per heavy atom. The lowest BCUT2D eigenvalue weighted by atomic mass is 10.2. The number of nitrogens with zero attached hydrogens (tertiary/aromatic N) is 1. The Bertz CT molecular complexity index is 807. The Labute approximate surface area is 156 Å². The minimum atomic E-state index is -0.360. The van der Waals surface area contributed by atoms with Gasteiger partial charge in [-0.25, -0.2) is 5.43 Å². The zero-order valence-corrected chi connectivity index (χ0v) is 15.1. The molecule has 0 aliphatic carbocycles. The standard InChI is InChI=1S/C18H17Cl2N3O2/c1-12-3-2-4-15(9-12)22-17(24)7-8-18(25)23-21-11-13-5-6-14(19)10-16(13)20/h2-6,9-11H,7-8H2,1H3,(H,22,24)(H,23,25). The number of nitrogens with one attached hydrogen (secondary N) is 2. The molecule has 7 heteroatoms. The quantitative estimate of drug-likeness (QED) is 0.585. The van der Waals surface area contributed by atoms with Gasteiger partial charge in [-0.15, -0.1) is 0 Å². The molecule has 0 saturated carbocycles. The summed E-state index contributed by atoms with van der Waals surface area (Å²) in [4.78, 5) is 23.6. The van der Waals surface area contributed by atoms with E-state index in [1.165, 1.54) is 6.21 Å². The van der Waals surface area contributed by atoms with Gasteiger partial charge in [0.1, 0.15) is 0 Å². The molecule has 0 bridgehead atoms. The van der Waals surface area contributed by atoms with Crippen molar-refractivity contribution >= 4 is 46.9 Å². The highest BCUT2D eigenvalue weighted by Gasteiger charge is 2.07. The summed E-state index contributed by atoms with van der Waals surface area (Å²) >= 11 is 11.8. The maximum atomic E-state index is 11.8. The summed E-state index contributed by atoms with van der Waals surface area (Å²) in [5.74, 6) is -0.591. The highest BCUT2D eigenvalue weighted by molar-refractivity contribution is 6.36. The van der Waals surface area contributed by atoms with Gasteiger partial charge < -0.3 is 5.32 Å². The minimum Gasteiger partial charge on any atom is -0.326 e. The number of anilines is 1. The molecular formula is C18H17Cl2N3O2. The zero-order valence-electron chi connectivity index (χ0n) is 13.6. The number of amides is 2. The molecule has 0 radical (unpaired) electrons. The fourth-order valence-corrected chi connectivity index (χ4v) is 2.47. The van der Waals surface area contributed by atoms with E-state index in [-0.39, 0.29) is 24.7 Å². The van der Waals surface area contributed by atoms with Crippen LogP contribution in [0.15, 0.2) is 47.6 Å². The monoisotopic (exact) mass is 377 g/mol. The average molecular weight is 378 g/mol. The Kier molecular flexibility index (Phi) is 6.98. The first-order valence-corrected chi connectivity index (χ1v) is 8.33. The molecule has 2 rings (SSSR count). The van der Waals surface area contributed by atoms with Crippen molar-refractivity contribution in [2.75, 3.05) is 5.32 Å². The number of benzene rings is 2. The van der Waals surface area contributed by atoms with E-state index in [0.717, 1.165) is 5.56 Å². The normalized spacial score (nSPS) is 10.7. The third-order valence-corrected chi connectivity index (χ3v) is 3.80. The lowest BCUT2D eigenvalue weighted by Gasteiger charge is -2.05. The number of rotatable bonds is 6. The van der Waals surface area contributed by atoms with Crippen LogP contribution in [0.1, 0.15) is 24.0 Å². The molecule has 0 fully saturated rings. The molecule has 2 N–H and O–H groups in total. The fraction of sp³-hybridized carbons (Fsp3) is 0.167. The summed E-state index contributed by atoms with van der Waals surface area (Å²) in [6, 6.07) is 12.4. The van der Waals surface area contributed by atoms with Crippen molar-refractivity contribution in [3.63, 3.8) is 0 Å². The molecular weight excluding hydrogens is 361 g/mol. The third kappa shape index (κ3) is 6.57. The van der Waals surface area contributed by atoms with Crippen LogP contribution >= 0.6 is 23.2 Å².